The molecule has 0 bridgehead atoms. The Labute approximate surface area is 162 Å². The van der Waals surface area contributed by atoms with E-state index in [1.165, 1.54) is 19.3 Å². The van der Waals surface area contributed by atoms with E-state index in [1.54, 1.807) is 18.3 Å². The number of rotatable bonds is 3. The lowest BCUT2D eigenvalue weighted by atomic mass is 9.94. The van der Waals surface area contributed by atoms with Gasteiger partial charge in [-0.2, -0.15) is 0 Å². The second kappa shape index (κ2) is 6.75. The minimum Gasteiger partial charge on any atom is -0.478 e. The molecule has 1 saturated carbocycles. The molecule has 0 aliphatic heterocycles. The van der Waals surface area contributed by atoms with E-state index in [2.05, 4.69) is 33.8 Å². The number of pyridine rings is 1. The van der Waals surface area contributed by atoms with Crippen molar-refractivity contribution in [3.8, 4) is 11.4 Å². The average molecular weight is 371 g/mol. The highest BCUT2D eigenvalue weighted by atomic mass is 16.4. The maximum atomic E-state index is 11.4. The first-order valence-corrected chi connectivity index (χ1v) is 9.81. The molecule has 5 nitrogen and oxygen atoms in total. The van der Waals surface area contributed by atoms with Crippen molar-refractivity contribution >= 4 is 27.9 Å². The van der Waals surface area contributed by atoms with Gasteiger partial charge in [-0.1, -0.05) is 37.5 Å². The molecule has 1 aliphatic carbocycles. The van der Waals surface area contributed by atoms with Crippen LogP contribution < -0.4 is 0 Å². The molecule has 2 aromatic carbocycles. The van der Waals surface area contributed by atoms with Crippen LogP contribution in [0.3, 0.4) is 0 Å². The van der Waals surface area contributed by atoms with E-state index in [1.807, 2.05) is 12.1 Å². The Morgan fingerprint density at radius 3 is 2.68 bits per heavy atom. The second-order valence-corrected chi connectivity index (χ2v) is 7.52. The summed E-state index contributed by atoms with van der Waals surface area (Å²) in [5.74, 6) is -0.0254. The third-order valence-corrected chi connectivity index (χ3v) is 5.74. The SMILES string of the molecule is O=C(O)c1ccc2c(c1)nc(-c1ccc3cccnc3c1)n2C1CCCCC1. The summed E-state index contributed by atoms with van der Waals surface area (Å²) >= 11 is 0. The van der Waals surface area contributed by atoms with Crippen LogP contribution in [0.15, 0.2) is 54.7 Å². The zero-order chi connectivity index (χ0) is 19.1. The number of hydrogen-bond donors (Lipinski definition) is 1. The van der Waals surface area contributed by atoms with Gasteiger partial charge in [0.1, 0.15) is 5.82 Å². The molecule has 1 N–H and O–H groups in total. The van der Waals surface area contributed by atoms with E-state index in [0.717, 1.165) is 46.2 Å². The number of hydrogen-bond acceptors (Lipinski definition) is 3. The van der Waals surface area contributed by atoms with Crippen LogP contribution in [0.4, 0.5) is 0 Å². The van der Waals surface area contributed by atoms with Crippen LogP contribution in [0.5, 0.6) is 0 Å². The van der Waals surface area contributed by atoms with Crippen molar-refractivity contribution in [3.05, 3.63) is 60.3 Å². The van der Waals surface area contributed by atoms with Gasteiger partial charge >= 0.3 is 5.97 Å². The standard InChI is InChI=1S/C23H21N3O2/c27-23(28)17-10-11-21-20(14-17)25-22(26(21)18-6-2-1-3-7-18)16-9-8-15-5-4-12-24-19(15)13-16/h4-5,8-14,18H,1-3,6-7H2,(H,27,28). The first-order chi connectivity index (χ1) is 13.7. The molecule has 0 amide bonds. The fourth-order valence-electron chi connectivity index (χ4n) is 4.35. The van der Waals surface area contributed by atoms with E-state index in [-0.39, 0.29) is 5.56 Å². The fraction of sp³-hybridized carbons (Fsp3) is 0.261. The van der Waals surface area contributed by atoms with Gasteiger partial charge < -0.3 is 9.67 Å². The number of imidazole rings is 1. The van der Waals surface area contributed by atoms with Crippen LogP contribution in [-0.2, 0) is 0 Å². The predicted octanol–water partition coefficient (Wildman–Crippen LogP) is 5.45. The Kier molecular flexibility index (Phi) is 4.08. The largest absolute Gasteiger partial charge is 0.478 e. The zero-order valence-electron chi connectivity index (χ0n) is 15.5. The first kappa shape index (κ1) is 16.9. The van der Waals surface area contributed by atoms with E-state index in [9.17, 15) is 9.90 Å². The molecule has 0 radical (unpaired) electrons. The molecular weight excluding hydrogens is 350 g/mol. The molecule has 5 heteroatoms. The number of nitrogens with zero attached hydrogens (tertiary/aromatic N) is 3. The fourth-order valence-corrected chi connectivity index (χ4v) is 4.35. The molecule has 140 valence electrons. The third kappa shape index (κ3) is 2.83. The van der Waals surface area contributed by atoms with E-state index in [0.29, 0.717) is 6.04 Å². The smallest absolute Gasteiger partial charge is 0.335 e. The second-order valence-electron chi connectivity index (χ2n) is 7.52. The summed E-state index contributed by atoms with van der Waals surface area (Å²) in [6.45, 7) is 0. The number of fused-ring (bicyclic) bond motifs is 2. The van der Waals surface area contributed by atoms with Gasteiger partial charge in [-0.05, 0) is 43.2 Å². The van der Waals surface area contributed by atoms with Crippen molar-refractivity contribution in [2.24, 2.45) is 0 Å². The number of carboxylic acid groups (broad SMARTS) is 1. The number of carbonyl (C=O) groups is 1. The first-order valence-electron chi connectivity index (χ1n) is 9.81. The van der Waals surface area contributed by atoms with Crippen LogP contribution in [0.1, 0.15) is 48.5 Å². The Hall–Kier alpha value is -3.21. The molecular formula is C23H21N3O2. The molecule has 1 fully saturated rings. The summed E-state index contributed by atoms with van der Waals surface area (Å²) in [5.41, 5.74) is 3.97. The van der Waals surface area contributed by atoms with Gasteiger partial charge in [0.2, 0.25) is 0 Å². The normalized spacial score (nSPS) is 15.3. The van der Waals surface area contributed by atoms with Crippen LogP contribution in [0, 0.1) is 0 Å². The highest BCUT2D eigenvalue weighted by Crippen LogP contribution is 2.36. The van der Waals surface area contributed by atoms with Crippen LogP contribution in [-0.4, -0.2) is 25.6 Å². The van der Waals surface area contributed by atoms with Crippen molar-refractivity contribution in [1.29, 1.82) is 0 Å². The lowest BCUT2D eigenvalue weighted by Crippen LogP contribution is -2.14. The van der Waals surface area contributed by atoms with Gasteiger partial charge in [0.15, 0.2) is 0 Å². The minimum atomic E-state index is -0.925. The topological polar surface area (TPSA) is 68.0 Å². The average Bonchev–Trinajstić information content (AvgIpc) is 3.12. The molecule has 4 aromatic rings. The van der Waals surface area contributed by atoms with Gasteiger partial charge in [0.05, 0.1) is 22.1 Å². The number of carboxylic acids is 1. The Bertz CT molecular complexity index is 1190. The summed E-state index contributed by atoms with van der Waals surface area (Å²) in [5, 5.41) is 10.5. The van der Waals surface area contributed by atoms with Crippen LogP contribution in [0.2, 0.25) is 0 Å². The van der Waals surface area contributed by atoms with Crippen molar-refractivity contribution < 1.29 is 9.90 Å². The summed E-state index contributed by atoms with van der Waals surface area (Å²) < 4.78 is 2.32. The Morgan fingerprint density at radius 2 is 1.86 bits per heavy atom. The van der Waals surface area contributed by atoms with Gasteiger partial charge in [0.25, 0.3) is 0 Å². The molecule has 0 saturated heterocycles. The number of aromatic nitrogens is 3. The molecule has 28 heavy (non-hydrogen) atoms. The van der Waals surface area contributed by atoms with Gasteiger partial charge in [-0.3, -0.25) is 4.98 Å². The molecule has 0 unspecified atom stereocenters. The molecule has 2 heterocycles. The molecule has 2 aromatic heterocycles. The zero-order valence-corrected chi connectivity index (χ0v) is 15.5. The predicted molar refractivity (Wildman–Crippen MR) is 110 cm³/mol. The maximum absolute atomic E-state index is 11.4. The molecule has 1 aliphatic rings. The Balaban J connectivity index is 1.73. The van der Waals surface area contributed by atoms with Gasteiger partial charge in [0, 0.05) is 23.2 Å². The van der Waals surface area contributed by atoms with Crippen molar-refractivity contribution in [2.45, 2.75) is 38.1 Å². The monoisotopic (exact) mass is 371 g/mol. The van der Waals surface area contributed by atoms with Crippen LogP contribution >= 0.6 is 0 Å². The van der Waals surface area contributed by atoms with Crippen molar-refractivity contribution in [2.75, 3.05) is 0 Å². The summed E-state index contributed by atoms with van der Waals surface area (Å²) in [6.07, 6.45) is 7.78. The Morgan fingerprint density at radius 1 is 1.00 bits per heavy atom. The number of aromatic carboxylic acids is 1. The highest BCUT2D eigenvalue weighted by Gasteiger charge is 2.23. The quantitative estimate of drug-likeness (QED) is 0.519. The molecule has 0 atom stereocenters. The maximum Gasteiger partial charge on any atom is 0.335 e. The summed E-state index contributed by atoms with van der Waals surface area (Å²) in [4.78, 5) is 20.8. The minimum absolute atomic E-state index is 0.271. The molecule has 5 rings (SSSR count). The lowest BCUT2D eigenvalue weighted by molar-refractivity contribution is 0.0697. The lowest BCUT2D eigenvalue weighted by Gasteiger charge is -2.25. The van der Waals surface area contributed by atoms with Crippen molar-refractivity contribution in [3.63, 3.8) is 0 Å². The van der Waals surface area contributed by atoms with Gasteiger partial charge in [-0.25, -0.2) is 9.78 Å². The van der Waals surface area contributed by atoms with Gasteiger partial charge in [-0.15, -0.1) is 0 Å². The summed E-state index contributed by atoms with van der Waals surface area (Å²) in [6, 6.07) is 15.9. The highest BCUT2D eigenvalue weighted by molar-refractivity contribution is 5.93. The van der Waals surface area contributed by atoms with E-state index >= 15 is 0 Å². The van der Waals surface area contributed by atoms with E-state index in [4.69, 9.17) is 4.98 Å². The summed E-state index contributed by atoms with van der Waals surface area (Å²) in [7, 11) is 0. The third-order valence-electron chi connectivity index (χ3n) is 5.74. The molecule has 0 spiro atoms. The van der Waals surface area contributed by atoms with E-state index < -0.39 is 5.97 Å². The van der Waals surface area contributed by atoms with Crippen LogP contribution in [0.25, 0.3) is 33.3 Å². The van der Waals surface area contributed by atoms with Crippen molar-refractivity contribution in [1.82, 2.24) is 14.5 Å². The number of benzene rings is 2.